The number of nitrogen functional groups attached to an aromatic ring is 1. The van der Waals surface area contributed by atoms with E-state index in [9.17, 15) is 14.4 Å². The molecule has 192 valence electrons. The Morgan fingerprint density at radius 2 is 1.86 bits per heavy atom. The van der Waals surface area contributed by atoms with Gasteiger partial charge in [0.15, 0.2) is 17.2 Å². The van der Waals surface area contributed by atoms with Gasteiger partial charge in [-0.15, -0.1) is 0 Å². The number of aromatic nitrogens is 1. The molecular weight excluding hydrogens is 486 g/mol. The largest absolute Gasteiger partial charge is 0.493 e. The Morgan fingerprint density at radius 1 is 1.17 bits per heavy atom. The summed E-state index contributed by atoms with van der Waals surface area (Å²) in [4.78, 5) is 40.5. The van der Waals surface area contributed by atoms with E-state index in [1.165, 1.54) is 25.4 Å². The third-order valence-corrected chi connectivity index (χ3v) is 5.96. The average Bonchev–Trinajstić information content (AvgIpc) is 3.46. The molecule has 0 saturated heterocycles. The Labute approximate surface area is 212 Å². The summed E-state index contributed by atoms with van der Waals surface area (Å²) in [5.74, 6) is -0.677. The maximum Gasteiger partial charge on any atom is 0.270 e. The Kier molecular flexibility index (Phi) is 7.88. The molecule has 3 rings (SSSR count). The molecule has 3 amide bonds. The van der Waals surface area contributed by atoms with E-state index in [0.29, 0.717) is 22.8 Å². The van der Waals surface area contributed by atoms with Crippen molar-refractivity contribution < 1.29 is 28.3 Å². The first-order chi connectivity index (χ1) is 17.0. The van der Waals surface area contributed by atoms with E-state index >= 15 is 0 Å². The highest BCUT2D eigenvalue weighted by Gasteiger charge is 2.37. The van der Waals surface area contributed by atoms with Crippen LogP contribution in [0.5, 0.6) is 11.5 Å². The first-order valence-corrected chi connectivity index (χ1v) is 11.7. The molecule has 2 aromatic heterocycles. The molecule has 0 aliphatic rings. The first-order valence-electron chi connectivity index (χ1n) is 10.9. The van der Waals surface area contributed by atoms with E-state index in [1.807, 2.05) is 20.8 Å². The Balaban J connectivity index is 2.19. The number of rotatable bonds is 9. The van der Waals surface area contributed by atoms with Gasteiger partial charge in [0, 0.05) is 5.54 Å². The zero-order valence-electron chi connectivity index (χ0n) is 20.7. The van der Waals surface area contributed by atoms with Crippen LogP contribution in [0, 0.1) is 0 Å². The Hall–Kier alpha value is -4.06. The third-order valence-electron chi connectivity index (χ3n) is 5.10. The van der Waals surface area contributed by atoms with Crippen LogP contribution in [0.1, 0.15) is 58.3 Å². The summed E-state index contributed by atoms with van der Waals surface area (Å²) in [5.41, 5.74) is 10.9. The van der Waals surface area contributed by atoms with Gasteiger partial charge in [-0.3, -0.25) is 14.4 Å². The van der Waals surface area contributed by atoms with Gasteiger partial charge in [0.1, 0.15) is 16.7 Å². The number of hydrogen-bond donors (Lipinski definition) is 3. The SMILES string of the molecule is COc1ccc([C@@H](C(=O)NC(C)(C)C)N(Cc2ccco2)C(=O)c2snc(C(N)=O)c2N)cc1OC. The molecule has 0 fully saturated rings. The van der Waals surface area contributed by atoms with Crippen LogP contribution in [0.25, 0.3) is 0 Å². The second-order valence-corrected chi connectivity index (χ2v) is 9.68. The van der Waals surface area contributed by atoms with Crippen molar-refractivity contribution in [2.45, 2.75) is 38.9 Å². The fraction of sp³-hybridized carbons (Fsp3) is 0.333. The fourth-order valence-electron chi connectivity index (χ4n) is 3.54. The van der Waals surface area contributed by atoms with Crippen molar-refractivity contribution in [3.05, 3.63) is 58.5 Å². The predicted octanol–water partition coefficient (Wildman–Crippen LogP) is 2.73. The number of nitrogens with zero attached hydrogens (tertiary/aromatic N) is 2. The molecule has 0 spiro atoms. The molecule has 0 unspecified atom stereocenters. The highest BCUT2D eigenvalue weighted by atomic mass is 32.1. The van der Waals surface area contributed by atoms with E-state index < -0.39 is 29.3 Å². The number of primary amides is 1. The molecule has 36 heavy (non-hydrogen) atoms. The molecule has 1 aromatic carbocycles. The highest BCUT2D eigenvalue weighted by molar-refractivity contribution is 7.09. The normalized spacial score (nSPS) is 12.0. The van der Waals surface area contributed by atoms with Crippen LogP contribution >= 0.6 is 11.5 Å². The number of benzene rings is 1. The average molecular weight is 516 g/mol. The molecule has 0 radical (unpaired) electrons. The first kappa shape index (κ1) is 26.5. The number of anilines is 1. The smallest absolute Gasteiger partial charge is 0.270 e. The van der Waals surface area contributed by atoms with E-state index in [1.54, 1.807) is 30.3 Å². The molecule has 5 N–H and O–H groups in total. The molecule has 0 aliphatic heterocycles. The standard InChI is InChI=1S/C24H29N5O6S/c1-24(2,3)27-22(31)19(13-8-9-15(33-4)16(11-13)34-5)29(12-14-7-6-10-35-14)23(32)20-17(25)18(21(26)30)28-36-20/h6-11,19H,12,25H2,1-5H3,(H2,26,30)(H,27,31)/t19-/m0/s1. The Morgan fingerprint density at radius 3 is 2.39 bits per heavy atom. The minimum absolute atomic E-state index is 0.0237. The number of hydrogen-bond acceptors (Lipinski definition) is 9. The molecule has 12 heteroatoms. The van der Waals surface area contributed by atoms with Crippen LogP contribution < -0.4 is 26.3 Å². The molecule has 1 atom stereocenters. The number of carbonyl (C=O) groups is 3. The summed E-state index contributed by atoms with van der Waals surface area (Å²) < 4.78 is 20.2. The second kappa shape index (κ2) is 10.7. The minimum atomic E-state index is -1.14. The van der Waals surface area contributed by atoms with Crippen molar-refractivity contribution >= 4 is 34.9 Å². The number of carbonyl (C=O) groups excluding carboxylic acids is 3. The number of methoxy groups -OCH3 is 2. The lowest BCUT2D eigenvalue weighted by molar-refractivity contribution is -0.127. The van der Waals surface area contributed by atoms with Gasteiger partial charge in [-0.05, 0) is 62.1 Å². The van der Waals surface area contributed by atoms with Crippen molar-refractivity contribution in [1.82, 2.24) is 14.6 Å². The fourth-order valence-corrected chi connectivity index (χ4v) is 4.31. The topological polar surface area (TPSA) is 163 Å². The zero-order chi connectivity index (χ0) is 26.6. The zero-order valence-corrected chi connectivity index (χ0v) is 21.5. The summed E-state index contributed by atoms with van der Waals surface area (Å²) in [6, 6.07) is 7.15. The summed E-state index contributed by atoms with van der Waals surface area (Å²) in [6.45, 7) is 5.41. The van der Waals surface area contributed by atoms with Crippen molar-refractivity contribution in [3.8, 4) is 11.5 Å². The van der Waals surface area contributed by atoms with Crippen LogP contribution in [0.15, 0.2) is 41.0 Å². The monoisotopic (exact) mass is 515 g/mol. The van der Waals surface area contributed by atoms with Gasteiger partial charge in [0.2, 0.25) is 5.91 Å². The van der Waals surface area contributed by atoms with Crippen LogP contribution in [-0.4, -0.2) is 46.8 Å². The molecule has 0 saturated carbocycles. The molecule has 0 bridgehead atoms. The van der Waals surface area contributed by atoms with Gasteiger partial charge in [-0.25, -0.2) is 0 Å². The van der Waals surface area contributed by atoms with Gasteiger partial charge < -0.3 is 35.6 Å². The second-order valence-electron chi connectivity index (χ2n) is 8.91. The van der Waals surface area contributed by atoms with Gasteiger partial charge in [0.25, 0.3) is 11.8 Å². The number of ether oxygens (including phenoxy) is 2. The third kappa shape index (κ3) is 5.77. The van der Waals surface area contributed by atoms with Crippen molar-refractivity contribution in [2.75, 3.05) is 20.0 Å². The number of amides is 3. The lowest BCUT2D eigenvalue weighted by Crippen LogP contribution is -2.49. The number of furan rings is 1. The molecular formula is C24H29N5O6S. The van der Waals surface area contributed by atoms with E-state index in [0.717, 1.165) is 11.5 Å². The number of nitrogens with one attached hydrogen (secondary N) is 1. The van der Waals surface area contributed by atoms with E-state index in [-0.39, 0.29) is 22.8 Å². The van der Waals surface area contributed by atoms with Gasteiger partial charge in [0.05, 0.1) is 32.7 Å². The van der Waals surface area contributed by atoms with Crippen LogP contribution in [-0.2, 0) is 11.3 Å². The van der Waals surface area contributed by atoms with Crippen molar-refractivity contribution in [3.63, 3.8) is 0 Å². The molecule has 2 heterocycles. The highest BCUT2D eigenvalue weighted by Crippen LogP contribution is 2.35. The predicted molar refractivity (Wildman–Crippen MR) is 134 cm³/mol. The van der Waals surface area contributed by atoms with Crippen LogP contribution in [0.2, 0.25) is 0 Å². The van der Waals surface area contributed by atoms with Gasteiger partial charge in [-0.1, -0.05) is 6.07 Å². The van der Waals surface area contributed by atoms with Crippen LogP contribution in [0.3, 0.4) is 0 Å². The molecule has 0 aliphatic carbocycles. The molecule has 11 nitrogen and oxygen atoms in total. The lowest BCUT2D eigenvalue weighted by Gasteiger charge is -2.33. The van der Waals surface area contributed by atoms with Crippen molar-refractivity contribution in [1.29, 1.82) is 0 Å². The Bertz CT molecular complexity index is 1250. The summed E-state index contributed by atoms with van der Waals surface area (Å²) >= 11 is 0.731. The van der Waals surface area contributed by atoms with Crippen LogP contribution in [0.4, 0.5) is 5.69 Å². The minimum Gasteiger partial charge on any atom is -0.493 e. The number of nitrogens with two attached hydrogens (primary N) is 2. The lowest BCUT2D eigenvalue weighted by atomic mass is 10.0. The van der Waals surface area contributed by atoms with Gasteiger partial charge in [-0.2, -0.15) is 4.37 Å². The molecule has 3 aromatic rings. The summed E-state index contributed by atoms with van der Waals surface area (Å²) in [7, 11) is 2.97. The van der Waals surface area contributed by atoms with E-state index in [2.05, 4.69) is 9.69 Å². The van der Waals surface area contributed by atoms with Gasteiger partial charge >= 0.3 is 0 Å². The maximum absolute atomic E-state index is 13.9. The quantitative estimate of drug-likeness (QED) is 0.392. The maximum atomic E-state index is 13.9. The summed E-state index contributed by atoms with van der Waals surface area (Å²) in [6.07, 6.45) is 1.46. The van der Waals surface area contributed by atoms with Crippen molar-refractivity contribution in [2.24, 2.45) is 5.73 Å². The summed E-state index contributed by atoms with van der Waals surface area (Å²) in [5, 5.41) is 2.94. The van der Waals surface area contributed by atoms with E-state index in [4.69, 9.17) is 25.4 Å².